The van der Waals surface area contributed by atoms with Gasteiger partial charge in [0.1, 0.15) is 5.82 Å². The maximum Gasteiger partial charge on any atom is 0.191 e. The van der Waals surface area contributed by atoms with Gasteiger partial charge in [0.05, 0.1) is 11.4 Å². The monoisotopic (exact) mass is 416 g/mol. The molecule has 0 bridgehead atoms. The van der Waals surface area contributed by atoms with Crippen LogP contribution in [0.25, 0.3) is 5.69 Å². The van der Waals surface area contributed by atoms with Crippen LogP contribution in [0.2, 0.25) is 0 Å². The van der Waals surface area contributed by atoms with Crippen LogP contribution in [0.1, 0.15) is 46.2 Å². The molecule has 1 atom stereocenters. The van der Waals surface area contributed by atoms with Gasteiger partial charge in [0, 0.05) is 31.7 Å². The molecule has 1 aromatic heterocycles. The van der Waals surface area contributed by atoms with Crippen molar-refractivity contribution in [3.05, 3.63) is 48.0 Å². The Bertz CT molecular complexity index is 751. The Hall–Kier alpha value is -2.41. The summed E-state index contributed by atoms with van der Waals surface area (Å²) in [7, 11) is 0. The summed E-state index contributed by atoms with van der Waals surface area (Å²) in [5, 5.41) is 11.4. The predicted octanol–water partition coefficient (Wildman–Crippen LogP) is 3.62. The van der Waals surface area contributed by atoms with E-state index >= 15 is 0 Å². The number of benzene rings is 1. The van der Waals surface area contributed by atoms with Crippen molar-refractivity contribution in [2.45, 2.75) is 53.0 Å². The van der Waals surface area contributed by atoms with E-state index in [1.165, 1.54) is 18.6 Å². The first-order valence-corrected chi connectivity index (χ1v) is 11.1. The van der Waals surface area contributed by atoms with Gasteiger partial charge in [-0.15, -0.1) is 0 Å². The lowest BCUT2D eigenvalue weighted by atomic mass is 10.2. The summed E-state index contributed by atoms with van der Waals surface area (Å²) < 4.78 is 14.8. The summed E-state index contributed by atoms with van der Waals surface area (Å²) in [6, 6.07) is 8.68. The fourth-order valence-corrected chi connectivity index (χ4v) is 3.30. The number of nitrogens with one attached hydrogen (secondary N) is 2. The highest BCUT2D eigenvalue weighted by Crippen LogP contribution is 2.09. The van der Waals surface area contributed by atoms with Crippen molar-refractivity contribution in [1.82, 2.24) is 25.3 Å². The van der Waals surface area contributed by atoms with Crippen LogP contribution >= 0.6 is 0 Å². The van der Waals surface area contributed by atoms with Crippen molar-refractivity contribution >= 4 is 5.96 Å². The summed E-state index contributed by atoms with van der Waals surface area (Å²) in [6.45, 7) is 13.6. The lowest BCUT2D eigenvalue weighted by Crippen LogP contribution is -2.42. The summed E-state index contributed by atoms with van der Waals surface area (Å²) in [6.07, 6.45) is 4.94. The van der Waals surface area contributed by atoms with E-state index in [-0.39, 0.29) is 5.82 Å². The Morgan fingerprint density at radius 2 is 1.90 bits per heavy atom. The summed E-state index contributed by atoms with van der Waals surface area (Å²) >= 11 is 0. The van der Waals surface area contributed by atoms with Crippen LogP contribution in [0.5, 0.6) is 0 Å². The van der Waals surface area contributed by atoms with Crippen molar-refractivity contribution in [2.24, 2.45) is 4.99 Å². The largest absolute Gasteiger partial charge is 0.357 e. The highest BCUT2D eigenvalue weighted by Gasteiger charge is 2.07. The van der Waals surface area contributed by atoms with E-state index in [1.54, 1.807) is 16.8 Å². The fourth-order valence-electron chi connectivity index (χ4n) is 3.30. The van der Waals surface area contributed by atoms with Crippen molar-refractivity contribution < 1.29 is 4.39 Å². The molecule has 0 aliphatic heterocycles. The molecule has 0 spiro atoms. The summed E-state index contributed by atoms with van der Waals surface area (Å²) in [4.78, 5) is 7.16. The van der Waals surface area contributed by atoms with Gasteiger partial charge in [-0.1, -0.05) is 13.8 Å². The molecule has 166 valence electrons. The number of nitrogens with zero attached hydrogens (tertiary/aromatic N) is 4. The zero-order chi connectivity index (χ0) is 21.8. The van der Waals surface area contributed by atoms with Crippen LogP contribution in [-0.2, 0) is 6.42 Å². The van der Waals surface area contributed by atoms with Gasteiger partial charge in [0.15, 0.2) is 5.96 Å². The molecule has 6 nitrogen and oxygen atoms in total. The van der Waals surface area contributed by atoms with Crippen molar-refractivity contribution in [3.63, 3.8) is 0 Å². The van der Waals surface area contributed by atoms with E-state index in [9.17, 15) is 4.39 Å². The molecule has 0 fully saturated rings. The molecular weight excluding hydrogens is 379 g/mol. The second-order valence-electron chi connectivity index (χ2n) is 7.45. The second-order valence-corrected chi connectivity index (χ2v) is 7.45. The van der Waals surface area contributed by atoms with Crippen molar-refractivity contribution in [2.75, 3.05) is 32.7 Å². The maximum atomic E-state index is 13.1. The molecule has 2 rings (SSSR count). The van der Waals surface area contributed by atoms with Gasteiger partial charge < -0.3 is 15.5 Å². The molecule has 0 amide bonds. The molecule has 2 aromatic rings. The number of aliphatic imine (C=N–C) groups is 1. The van der Waals surface area contributed by atoms with Gasteiger partial charge in [0.2, 0.25) is 0 Å². The van der Waals surface area contributed by atoms with Gasteiger partial charge in [0.25, 0.3) is 0 Å². The molecule has 1 unspecified atom stereocenters. The van der Waals surface area contributed by atoms with Crippen molar-refractivity contribution in [1.29, 1.82) is 0 Å². The number of hydrogen-bond donors (Lipinski definition) is 2. The van der Waals surface area contributed by atoms with E-state index in [0.717, 1.165) is 56.4 Å². The Morgan fingerprint density at radius 1 is 1.17 bits per heavy atom. The molecule has 0 aliphatic rings. The highest BCUT2D eigenvalue weighted by atomic mass is 19.1. The first kappa shape index (κ1) is 23.9. The zero-order valence-electron chi connectivity index (χ0n) is 18.9. The van der Waals surface area contributed by atoms with Gasteiger partial charge >= 0.3 is 0 Å². The maximum absolute atomic E-state index is 13.1. The number of guanidine groups is 1. The van der Waals surface area contributed by atoms with E-state index in [4.69, 9.17) is 4.99 Å². The van der Waals surface area contributed by atoms with E-state index < -0.39 is 0 Å². The lowest BCUT2D eigenvalue weighted by Gasteiger charge is -2.21. The SMILES string of the molecule is CCNC(=NCCc1ccn(-c2ccc(F)cc2)n1)NC(C)CCCN(CC)CC. The number of halogens is 1. The molecule has 0 aliphatic carbocycles. The third-order valence-corrected chi connectivity index (χ3v) is 5.11. The number of hydrogen-bond acceptors (Lipinski definition) is 3. The van der Waals surface area contributed by atoms with Crippen LogP contribution < -0.4 is 10.6 Å². The standard InChI is InChI=1S/C23H37FN6/c1-5-25-23(27-19(4)9-8-17-29(6-2)7-3)26-16-14-21-15-18-30(28-21)22-12-10-20(24)11-13-22/h10-13,15,18-19H,5-9,14,16-17H2,1-4H3,(H2,25,26,27). The van der Waals surface area contributed by atoms with Gasteiger partial charge in [-0.2, -0.15) is 5.10 Å². The molecule has 0 saturated carbocycles. The molecule has 2 N–H and O–H groups in total. The first-order chi connectivity index (χ1) is 14.5. The van der Waals surface area contributed by atoms with E-state index in [2.05, 4.69) is 48.3 Å². The Morgan fingerprint density at radius 3 is 2.57 bits per heavy atom. The third-order valence-electron chi connectivity index (χ3n) is 5.11. The quantitative estimate of drug-likeness (QED) is 0.410. The molecule has 0 saturated heterocycles. The van der Waals surface area contributed by atoms with Crippen LogP contribution in [0, 0.1) is 5.82 Å². The van der Waals surface area contributed by atoms with Crippen LogP contribution in [0.4, 0.5) is 4.39 Å². The van der Waals surface area contributed by atoms with Crippen LogP contribution in [0.3, 0.4) is 0 Å². The topological polar surface area (TPSA) is 57.5 Å². The Kier molecular flexibility index (Phi) is 10.3. The van der Waals surface area contributed by atoms with Crippen LogP contribution in [0.15, 0.2) is 41.5 Å². The Labute approximate surface area is 180 Å². The van der Waals surface area contributed by atoms with Crippen molar-refractivity contribution in [3.8, 4) is 5.69 Å². The van der Waals surface area contributed by atoms with Gasteiger partial charge in [-0.05, 0) is 76.7 Å². The average molecular weight is 417 g/mol. The minimum atomic E-state index is -0.244. The number of rotatable bonds is 12. The van der Waals surface area contributed by atoms with Gasteiger partial charge in [-0.25, -0.2) is 9.07 Å². The third kappa shape index (κ3) is 8.14. The molecule has 1 heterocycles. The first-order valence-electron chi connectivity index (χ1n) is 11.1. The lowest BCUT2D eigenvalue weighted by molar-refractivity contribution is 0.292. The minimum Gasteiger partial charge on any atom is -0.357 e. The second kappa shape index (κ2) is 13.0. The summed E-state index contributed by atoms with van der Waals surface area (Å²) in [5.74, 6) is 0.608. The fraction of sp³-hybridized carbons (Fsp3) is 0.565. The molecule has 1 aromatic carbocycles. The smallest absolute Gasteiger partial charge is 0.191 e. The molecule has 7 heteroatoms. The van der Waals surface area contributed by atoms with E-state index in [0.29, 0.717) is 12.6 Å². The predicted molar refractivity (Wildman–Crippen MR) is 123 cm³/mol. The van der Waals surface area contributed by atoms with E-state index in [1.807, 2.05) is 12.3 Å². The molecule has 30 heavy (non-hydrogen) atoms. The molecule has 0 radical (unpaired) electrons. The minimum absolute atomic E-state index is 0.244. The van der Waals surface area contributed by atoms with Crippen LogP contribution in [-0.4, -0.2) is 59.4 Å². The zero-order valence-corrected chi connectivity index (χ0v) is 18.9. The highest BCUT2D eigenvalue weighted by molar-refractivity contribution is 5.80. The average Bonchev–Trinajstić information content (AvgIpc) is 3.21. The Balaban J connectivity index is 1.82. The van der Waals surface area contributed by atoms with Gasteiger partial charge in [-0.3, -0.25) is 4.99 Å². The molecular formula is C23H37FN6. The summed E-state index contributed by atoms with van der Waals surface area (Å²) in [5.41, 5.74) is 1.81. The number of aromatic nitrogens is 2. The normalized spacial score (nSPS) is 12.9.